The quantitative estimate of drug-likeness (QED) is 0.236. The van der Waals surface area contributed by atoms with Crippen molar-refractivity contribution in [1.29, 1.82) is 0 Å². The Morgan fingerprint density at radius 2 is 1.59 bits per heavy atom. The van der Waals surface area contributed by atoms with Gasteiger partial charge in [0, 0.05) is 6.08 Å². The molecule has 0 aromatic carbocycles. The van der Waals surface area contributed by atoms with Crippen LogP contribution in [-0.4, -0.2) is 90.8 Å². The van der Waals surface area contributed by atoms with Gasteiger partial charge in [-0.25, -0.2) is 0 Å². The van der Waals surface area contributed by atoms with Gasteiger partial charge in [0.15, 0.2) is 34.8 Å². The Kier molecular flexibility index (Phi) is 8.34. The number of rotatable bonds is 9. The van der Waals surface area contributed by atoms with E-state index in [0.29, 0.717) is 20.8 Å². The number of alkyl halides is 3. The first-order chi connectivity index (χ1) is 16.8. The van der Waals surface area contributed by atoms with Gasteiger partial charge in [-0.1, -0.05) is 6.07 Å². The zero-order valence-electron chi connectivity index (χ0n) is 19.7. The minimum atomic E-state index is -5.39. The number of hydrogen-bond donors (Lipinski definition) is 4. The second-order valence-electron chi connectivity index (χ2n) is 8.30. The van der Waals surface area contributed by atoms with Crippen molar-refractivity contribution in [2.24, 2.45) is 0 Å². The van der Waals surface area contributed by atoms with Gasteiger partial charge in [-0.2, -0.15) is 13.2 Å². The maximum atomic E-state index is 13.0. The van der Waals surface area contributed by atoms with Gasteiger partial charge in [0.1, 0.15) is 11.9 Å². The van der Waals surface area contributed by atoms with E-state index in [1.165, 1.54) is 11.4 Å². The Morgan fingerprint density at radius 1 is 1.05 bits per heavy atom. The summed E-state index contributed by atoms with van der Waals surface area (Å²) < 4.78 is 49.4. The summed E-state index contributed by atoms with van der Waals surface area (Å²) in [6, 6.07) is 2.49. The van der Waals surface area contributed by atoms with Crippen LogP contribution in [0, 0.1) is 0 Å². The van der Waals surface area contributed by atoms with Crippen LogP contribution in [0.1, 0.15) is 32.6 Å². The predicted octanol–water partition coefficient (Wildman–Crippen LogP) is -0.128. The number of halogens is 3. The van der Waals surface area contributed by atoms with Crippen molar-refractivity contribution < 1.29 is 67.0 Å². The molecule has 1 unspecified atom stereocenters. The van der Waals surface area contributed by atoms with Crippen LogP contribution in [0.5, 0.6) is 0 Å². The summed E-state index contributed by atoms with van der Waals surface area (Å²) in [4.78, 5) is 62.1. The van der Waals surface area contributed by atoms with E-state index in [9.17, 15) is 57.6 Å². The molecule has 1 aromatic heterocycles. The summed E-state index contributed by atoms with van der Waals surface area (Å²) in [5.74, 6) is -9.71. The number of carbonyl (C=O) groups is 5. The molecule has 204 valence electrons. The molecule has 37 heavy (non-hydrogen) atoms. The monoisotopic (exact) mass is 552 g/mol. The second kappa shape index (κ2) is 10.2. The van der Waals surface area contributed by atoms with Gasteiger partial charge in [-0.15, -0.1) is 11.3 Å². The second-order valence-corrected chi connectivity index (χ2v) is 9.25. The third-order valence-corrected chi connectivity index (χ3v) is 6.76. The van der Waals surface area contributed by atoms with E-state index in [1.807, 2.05) is 0 Å². The van der Waals surface area contributed by atoms with Crippen molar-refractivity contribution in [2.75, 3.05) is 0 Å². The highest BCUT2D eigenvalue weighted by atomic mass is 32.1. The summed E-state index contributed by atoms with van der Waals surface area (Å²) in [5, 5.41) is 45.2. The standard InChI is InChI=1S/C22H23F3O11S/c1-9(26)16(31)17-19(32,10(2)27)21(34,12(4)29)20(33,11(3)28)18(36-17)35-13(14-6-5-7-37-14)8-15(30)22(23,24)25/h5-9,17-18,26,32-34H,1-4H3/t9?,17-,18-,19+,20+,21+/m1/s1. The first-order valence-corrected chi connectivity index (χ1v) is 11.3. The number of thiophene rings is 1. The Balaban J connectivity index is 2.88. The average molecular weight is 552 g/mol. The molecule has 0 spiro atoms. The minimum Gasteiger partial charge on any atom is -0.459 e. The first kappa shape index (κ1) is 30.4. The highest BCUT2D eigenvalue weighted by Gasteiger charge is 2.80. The van der Waals surface area contributed by atoms with Crippen LogP contribution in [0.4, 0.5) is 13.2 Å². The number of ether oxygens (including phenoxy) is 2. The molecular formula is C22H23F3O11S. The van der Waals surface area contributed by atoms with E-state index < -0.39 is 76.2 Å². The molecular weight excluding hydrogens is 529 g/mol. The molecule has 1 aliphatic heterocycles. The number of allylic oxidation sites excluding steroid dienone is 1. The number of carbonyl (C=O) groups excluding carboxylic acids is 5. The number of hydrogen-bond acceptors (Lipinski definition) is 12. The summed E-state index contributed by atoms with van der Waals surface area (Å²) >= 11 is 0.729. The van der Waals surface area contributed by atoms with E-state index in [4.69, 9.17) is 9.47 Å². The van der Waals surface area contributed by atoms with Gasteiger partial charge in [0.25, 0.3) is 5.78 Å². The largest absolute Gasteiger partial charge is 0.459 e. The van der Waals surface area contributed by atoms with E-state index in [0.717, 1.165) is 24.3 Å². The minimum absolute atomic E-state index is 0.0696. The van der Waals surface area contributed by atoms with Crippen LogP contribution in [0.15, 0.2) is 23.6 Å². The Hall–Kier alpha value is -2.82. The summed E-state index contributed by atoms with van der Waals surface area (Å²) in [7, 11) is 0. The zero-order chi connectivity index (χ0) is 28.7. The smallest absolute Gasteiger partial charge is 0.454 e. The predicted molar refractivity (Wildman–Crippen MR) is 117 cm³/mol. The number of ketones is 5. The third-order valence-electron chi connectivity index (χ3n) is 5.88. The number of aliphatic hydroxyl groups excluding tert-OH is 1. The van der Waals surface area contributed by atoms with Crippen molar-refractivity contribution in [3.63, 3.8) is 0 Å². The molecule has 0 amide bonds. The highest BCUT2D eigenvalue weighted by molar-refractivity contribution is 7.11. The van der Waals surface area contributed by atoms with Crippen molar-refractivity contribution in [3.05, 3.63) is 28.5 Å². The molecule has 1 saturated heterocycles. The molecule has 2 heterocycles. The van der Waals surface area contributed by atoms with Crippen LogP contribution < -0.4 is 0 Å². The molecule has 6 atom stereocenters. The summed E-state index contributed by atoms with van der Waals surface area (Å²) in [6.07, 6.45) is -12.9. The van der Waals surface area contributed by atoms with Crippen molar-refractivity contribution in [3.8, 4) is 0 Å². The molecule has 11 nitrogen and oxygen atoms in total. The first-order valence-electron chi connectivity index (χ1n) is 10.4. The molecule has 0 aliphatic carbocycles. The topological polar surface area (TPSA) is 185 Å². The van der Waals surface area contributed by atoms with Gasteiger partial charge in [0.2, 0.25) is 17.5 Å². The Labute approximate surface area is 211 Å². The molecule has 4 N–H and O–H groups in total. The SMILES string of the molecule is CC(=O)[C@@]1(O)[C@](O)(C(C)=O)[C@H](OC(=CC(=O)C(F)(F)F)c2cccs2)O[C@H](C(=O)C(C)O)[C@@]1(O)C(C)=O. The van der Waals surface area contributed by atoms with Gasteiger partial charge < -0.3 is 29.9 Å². The van der Waals surface area contributed by atoms with E-state index in [2.05, 4.69) is 0 Å². The normalized spacial score (nSPS) is 31.4. The third kappa shape index (κ3) is 4.78. The Bertz CT molecular complexity index is 1140. The van der Waals surface area contributed by atoms with E-state index in [1.54, 1.807) is 0 Å². The summed E-state index contributed by atoms with van der Waals surface area (Å²) in [6.45, 7) is 2.55. The zero-order valence-corrected chi connectivity index (χ0v) is 20.5. The Morgan fingerprint density at radius 3 is 1.97 bits per heavy atom. The molecule has 1 aromatic rings. The summed E-state index contributed by atoms with van der Waals surface area (Å²) in [5.41, 5.74) is -11.3. The molecule has 2 rings (SSSR count). The maximum absolute atomic E-state index is 13.0. The van der Waals surface area contributed by atoms with Gasteiger partial charge >= 0.3 is 6.18 Å². The van der Waals surface area contributed by atoms with Crippen LogP contribution in [0.2, 0.25) is 0 Å². The number of Topliss-reactive ketones (excluding diaryl/α,β-unsaturated/α-hetero) is 4. The van der Waals surface area contributed by atoms with E-state index >= 15 is 0 Å². The van der Waals surface area contributed by atoms with E-state index in [-0.39, 0.29) is 11.0 Å². The molecule has 0 bridgehead atoms. The molecule has 1 aliphatic rings. The van der Waals surface area contributed by atoms with Gasteiger partial charge in [-0.3, -0.25) is 24.0 Å². The fraction of sp³-hybridized carbons (Fsp3) is 0.500. The van der Waals surface area contributed by atoms with Crippen LogP contribution in [0.3, 0.4) is 0 Å². The highest BCUT2D eigenvalue weighted by Crippen LogP contribution is 2.48. The van der Waals surface area contributed by atoms with Crippen LogP contribution in [-0.2, 0) is 33.4 Å². The van der Waals surface area contributed by atoms with Gasteiger partial charge in [0.05, 0.1) is 4.88 Å². The number of aliphatic hydroxyl groups is 4. The van der Waals surface area contributed by atoms with Crippen molar-refractivity contribution in [2.45, 2.75) is 69.2 Å². The lowest BCUT2D eigenvalue weighted by Gasteiger charge is -2.56. The molecule has 15 heteroatoms. The van der Waals surface area contributed by atoms with Crippen LogP contribution >= 0.6 is 11.3 Å². The molecule has 1 fully saturated rings. The lowest BCUT2D eigenvalue weighted by molar-refractivity contribution is -0.348. The van der Waals surface area contributed by atoms with Crippen molar-refractivity contribution in [1.82, 2.24) is 0 Å². The fourth-order valence-electron chi connectivity index (χ4n) is 3.87. The lowest BCUT2D eigenvalue weighted by atomic mass is 9.60. The lowest BCUT2D eigenvalue weighted by Crippen LogP contribution is -2.87. The fourth-order valence-corrected chi connectivity index (χ4v) is 4.56. The van der Waals surface area contributed by atoms with Crippen molar-refractivity contribution >= 4 is 46.0 Å². The maximum Gasteiger partial charge on any atom is 0.454 e. The average Bonchev–Trinajstić information content (AvgIpc) is 3.31. The molecule has 0 radical (unpaired) electrons. The van der Waals surface area contributed by atoms with Gasteiger partial charge in [-0.05, 0) is 39.1 Å². The van der Waals surface area contributed by atoms with Crippen LogP contribution in [0.25, 0.3) is 5.76 Å². The molecule has 0 saturated carbocycles.